The summed E-state index contributed by atoms with van der Waals surface area (Å²) in [6.45, 7) is 0. The van der Waals surface area contributed by atoms with E-state index in [9.17, 15) is 5.11 Å². The standard InChI is InChI=1S/C12H13ClO3/c1-15-10-4-3-8-9(12(10)14)5-7(13)6-11(8)16-2/h3-6,10,12,14H,1-2H3/t10-,12-/m1/s1. The molecule has 0 saturated heterocycles. The van der Waals surface area contributed by atoms with E-state index in [-0.39, 0.29) is 6.10 Å². The van der Waals surface area contributed by atoms with Crippen molar-refractivity contribution in [3.63, 3.8) is 0 Å². The highest BCUT2D eigenvalue weighted by molar-refractivity contribution is 6.30. The van der Waals surface area contributed by atoms with E-state index in [0.717, 1.165) is 11.1 Å². The molecule has 1 N–H and O–H groups in total. The summed E-state index contributed by atoms with van der Waals surface area (Å²) in [4.78, 5) is 0. The van der Waals surface area contributed by atoms with Crippen LogP contribution in [0.3, 0.4) is 0 Å². The number of aliphatic hydroxyl groups excluding tert-OH is 1. The molecule has 0 saturated carbocycles. The second kappa shape index (κ2) is 4.45. The number of halogens is 1. The van der Waals surface area contributed by atoms with E-state index in [1.54, 1.807) is 26.4 Å². The molecule has 0 fully saturated rings. The summed E-state index contributed by atoms with van der Waals surface area (Å²) < 4.78 is 10.4. The van der Waals surface area contributed by atoms with Crippen molar-refractivity contribution in [2.45, 2.75) is 12.2 Å². The van der Waals surface area contributed by atoms with Crippen LogP contribution in [0.5, 0.6) is 5.75 Å². The Bertz CT molecular complexity index is 429. The minimum Gasteiger partial charge on any atom is -0.496 e. The van der Waals surface area contributed by atoms with E-state index in [4.69, 9.17) is 21.1 Å². The number of rotatable bonds is 2. The quantitative estimate of drug-likeness (QED) is 0.863. The first-order chi connectivity index (χ1) is 7.67. The van der Waals surface area contributed by atoms with Gasteiger partial charge in [-0.2, -0.15) is 0 Å². The average molecular weight is 241 g/mol. The Morgan fingerprint density at radius 1 is 1.31 bits per heavy atom. The van der Waals surface area contributed by atoms with E-state index in [1.807, 2.05) is 12.2 Å². The predicted molar refractivity (Wildman–Crippen MR) is 62.8 cm³/mol. The maximum absolute atomic E-state index is 10.1. The molecule has 0 radical (unpaired) electrons. The number of ether oxygens (including phenoxy) is 2. The highest BCUT2D eigenvalue weighted by Crippen LogP contribution is 2.37. The van der Waals surface area contributed by atoms with Crippen molar-refractivity contribution >= 4 is 17.7 Å². The van der Waals surface area contributed by atoms with Gasteiger partial charge in [0.25, 0.3) is 0 Å². The molecule has 1 aromatic carbocycles. The van der Waals surface area contributed by atoms with Gasteiger partial charge in [-0.3, -0.25) is 0 Å². The summed E-state index contributed by atoms with van der Waals surface area (Å²) in [6.07, 6.45) is 2.64. The van der Waals surface area contributed by atoms with Gasteiger partial charge >= 0.3 is 0 Å². The predicted octanol–water partition coefficient (Wildman–Crippen LogP) is 2.42. The zero-order valence-corrected chi connectivity index (χ0v) is 9.86. The van der Waals surface area contributed by atoms with Crippen LogP contribution in [0.25, 0.3) is 6.08 Å². The fourth-order valence-corrected chi connectivity index (χ4v) is 2.10. The molecule has 0 heterocycles. The van der Waals surface area contributed by atoms with E-state index in [1.165, 1.54) is 0 Å². The number of aliphatic hydroxyl groups is 1. The third-order valence-electron chi connectivity index (χ3n) is 2.71. The molecule has 4 heteroatoms. The summed E-state index contributed by atoms with van der Waals surface area (Å²) in [5.74, 6) is 0.660. The second-order valence-electron chi connectivity index (χ2n) is 3.62. The lowest BCUT2D eigenvalue weighted by molar-refractivity contribution is 0.0149. The molecule has 2 atom stereocenters. The Morgan fingerprint density at radius 2 is 2.06 bits per heavy atom. The van der Waals surface area contributed by atoms with Crippen LogP contribution in [-0.2, 0) is 4.74 Å². The third kappa shape index (κ3) is 1.82. The number of hydrogen-bond acceptors (Lipinski definition) is 3. The number of benzene rings is 1. The van der Waals surface area contributed by atoms with Gasteiger partial charge in [0.2, 0.25) is 0 Å². The Balaban J connectivity index is 2.54. The summed E-state index contributed by atoms with van der Waals surface area (Å²) in [7, 11) is 3.14. The Labute approximate surface area is 99.3 Å². The maximum atomic E-state index is 10.1. The topological polar surface area (TPSA) is 38.7 Å². The minimum absolute atomic E-state index is 0.337. The van der Waals surface area contributed by atoms with Crippen LogP contribution in [0.15, 0.2) is 18.2 Å². The molecule has 1 aromatic rings. The first kappa shape index (κ1) is 11.5. The van der Waals surface area contributed by atoms with Crippen molar-refractivity contribution in [2.24, 2.45) is 0 Å². The lowest BCUT2D eigenvalue weighted by Gasteiger charge is -2.25. The van der Waals surface area contributed by atoms with Crippen molar-refractivity contribution in [1.29, 1.82) is 0 Å². The molecular weight excluding hydrogens is 228 g/mol. The van der Waals surface area contributed by atoms with Crippen LogP contribution in [0.1, 0.15) is 17.2 Å². The second-order valence-corrected chi connectivity index (χ2v) is 4.05. The van der Waals surface area contributed by atoms with Gasteiger partial charge in [-0.15, -0.1) is 0 Å². The first-order valence-corrected chi connectivity index (χ1v) is 5.31. The van der Waals surface area contributed by atoms with Gasteiger partial charge < -0.3 is 14.6 Å². The van der Waals surface area contributed by atoms with Crippen molar-refractivity contribution in [2.75, 3.05) is 14.2 Å². The molecule has 0 aliphatic heterocycles. The minimum atomic E-state index is -0.711. The highest BCUT2D eigenvalue weighted by Gasteiger charge is 2.26. The molecular formula is C12H13ClO3. The van der Waals surface area contributed by atoms with Gasteiger partial charge in [0.1, 0.15) is 18.0 Å². The average Bonchev–Trinajstić information content (AvgIpc) is 2.29. The van der Waals surface area contributed by atoms with Gasteiger partial charge in [0, 0.05) is 17.7 Å². The first-order valence-electron chi connectivity index (χ1n) is 4.94. The number of fused-ring (bicyclic) bond motifs is 1. The zero-order valence-electron chi connectivity index (χ0n) is 9.11. The van der Waals surface area contributed by atoms with Gasteiger partial charge in [0.15, 0.2) is 0 Å². The molecule has 16 heavy (non-hydrogen) atoms. The van der Waals surface area contributed by atoms with Crippen molar-refractivity contribution < 1.29 is 14.6 Å². The molecule has 2 rings (SSSR count). The van der Waals surface area contributed by atoms with Crippen molar-refractivity contribution in [1.82, 2.24) is 0 Å². The Kier molecular flexibility index (Phi) is 3.19. The maximum Gasteiger partial charge on any atom is 0.127 e. The third-order valence-corrected chi connectivity index (χ3v) is 2.93. The van der Waals surface area contributed by atoms with E-state index in [0.29, 0.717) is 10.8 Å². The molecule has 1 aliphatic rings. The fraction of sp³-hybridized carbons (Fsp3) is 0.333. The molecule has 0 unspecified atom stereocenters. The number of methoxy groups -OCH3 is 2. The van der Waals surface area contributed by atoms with Crippen LogP contribution >= 0.6 is 11.6 Å². The molecule has 0 amide bonds. The summed E-state index contributed by atoms with van der Waals surface area (Å²) in [5.41, 5.74) is 1.59. The lowest BCUT2D eigenvalue weighted by Crippen LogP contribution is -2.22. The largest absolute Gasteiger partial charge is 0.496 e. The van der Waals surface area contributed by atoms with Gasteiger partial charge in [-0.25, -0.2) is 0 Å². The molecule has 3 nitrogen and oxygen atoms in total. The summed E-state index contributed by atoms with van der Waals surface area (Å²) >= 11 is 5.96. The van der Waals surface area contributed by atoms with Crippen LogP contribution in [-0.4, -0.2) is 25.4 Å². The number of hydrogen-bond donors (Lipinski definition) is 1. The summed E-state index contributed by atoms with van der Waals surface area (Å²) in [5, 5.41) is 10.6. The molecule has 0 spiro atoms. The lowest BCUT2D eigenvalue weighted by atomic mass is 9.92. The highest BCUT2D eigenvalue weighted by atomic mass is 35.5. The van der Waals surface area contributed by atoms with E-state index in [2.05, 4.69) is 0 Å². The Hall–Kier alpha value is -1.03. The van der Waals surface area contributed by atoms with Gasteiger partial charge in [0.05, 0.1) is 7.11 Å². The molecule has 0 aromatic heterocycles. The smallest absolute Gasteiger partial charge is 0.127 e. The molecule has 1 aliphatic carbocycles. The van der Waals surface area contributed by atoms with Gasteiger partial charge in [-0.05, 0) is 17.7 Å². The molecule has 86 valence electrons. The Morgan fingerprint density at radius 3 is 2.69 bits per heavy atom. The monoisotopic (exact) mass is 240 g/mol. The van der Waals surface area contributed by atoms with Crippen LogP contribution < -0.4 is 4.74 Å². The van der Waals surface area contributed by atoms with Crippen molar-refractivity contribution in [3.05, 3.63) is 34.4 Å². The van der Waals surface area contributed by atoms with Crippen LogP contribution in [0.4, 0.5) is 0 Å². The van der Waals surface area contributed by atoms with E-state index >= 15 is 0 Å². The SMILES string of the molecule is COc1cc(Cl)cc2c1C=C[C@@H](OC)[C@@H]2O. The summed E-state index contributed by atoms with van der Waals surface area (Å²) in [6, 6.07) is 3.46. The van der Waals surface area contributed by atoms with E-state index < -0.39 is 6.10 Å². The van der Waals surface area contributed by atoms with Gasteiger partial charge in [-0.1, -0.05) is 23.8 Å². The fourth-order valence-electron chi connectivity index (χ4n) is 1.89. The van der Waals surface area contributed by atoms with Crippen LogP contribution in [0.2, 0.25) is 5.02 Å². The normalized spacial score (nSPS) is 23.0. The molecule has 0 bridgehead atoms. The zero-order chi connectivity index (χ0) is 11.7. The van der Waals surface area contributed by atoms with Crippen LogP contribution in [0, 0.1) is 0 Å². The van der Waals surface area contributed by atoms with Crippen molar-refractivity contribution in [3.8, 4) is 5.75 Å².